The second-order valence-electron chi connectivity index (χ2n) is 5.21. The highest BCUT2D eigenvalue weighted by atomic mass is 35.5. The minimum absolute atomic E-state index is 0.240. The van der Waals surface area contributed by atoms with E-state index in [0.717, 1.165) is 11.1 Å². The van der Waals surface area contributed by atoms with Crippen molar-refractivity contribution in [2.45, 2.75) is 20.0 Å². The monoisotopic (exact) mass is 330 g/mol. The minimum atomic E-state index is -0.978. The molecule has 0 fully saturated rings. The summed E-state index contributed by atoms with van der Waals surface area (Å²) in [6.45, 7) is 2.62. The quantitative estimate of drug-likeness (QED) is 0.780. The Hall–Kier alpha value is -2.60. The van der Waals surface area contributed by atoms with E-state index in [1.807, 2.05) is 19.2 Å². The van der Waals surface area contributed by atoms with Gasteiger partial charge in [0.25, 0.3) is 0 Å². The van der Waals surface area contributed by atoms with E-state index in [0.29, 0.717) is 23.7 Å². The predicted molar refractivity (Wildman–Crippen MR) is 85.8 cm³/mol. The Morgan fingerprint density at radius 2 is 1.78 bits per heavy atom. The molecule has 0 aliphatic heterocycles. The molecule has 118 valence electrons. The lowest BCUT2D eigenvalue weighted by Gasteiger charge is -2.16. The molecular weight excluding hydrogens is 316 g/mol. The molecule has 3 rings (SSSR count). The van der Waals surface area contributed by atoms with Crippen LogP contribution >= 0.6 is 11.6 Å². The highest BCUT2D eigenvalue weighted by Crippen LogP contribution is 2.29. The summed E-state index contributed by atoms with van der Waals surface area (Å²) in [5.41, 5.74) is 2.39. The van der Waals surface area contributed by atoms with Crippen molar-refractivity contribution in [2.24, 2.45) is 0 Å². The number of rotatable bonds is 5. The summed E-state index contributed by atoms with van der Waals surface area (Å²) < 4.78 is 3.39. The fourth-order valence-electron chi connectivity index (χ4n) is 2.53. The molecule has 6 nitrogen and oxygen atoms in total. The second kappa shape index (κ2) is 6.26. The van der Waals surface area contributed by atoms with Gasteiger partial charge in [0.1, 0.15) is 0 Å². The Morgan fingerprint density at radius 1 is 1.17 bits per heavy atom. The maximum Gasteiger partial charge on any atom is 0.336 e. The topological polar surface area (TPSA) is 72.9 Å². The van der Waals surface area contributed by atoms with Crippen LogP contribution in [0.1, 0.15) is 27.0 Å². The van der Waals surface area contributed by atoms with Gasteiger partial charge in [0.05, 0.1) is 18.7 Å². The van der Waals surface area contributed by atoms with Crippen LogP contribution in [0.4, 0.5) is 0 Å². The lowest BCUT2D eigenvalue weighted by molar-refractivity contribution is 0.0695. The molecule has 2 aromatic heterocycles. The number of carboxylic acids is 1. The number of halogens is 1. The van der Waals surface area contributed by atoms with E-state index in [9.17, 15) is 9.90 Å². The Bertz CT molecular complexity index is 826. The molecule has 0 bridgehead atoms. The smallest absolute Gasteiger partial charge is 0.336 e. The Labute approximate surface area is 137 Å². The van der Waals surface area contributed by atoms with Gasteiger partial charge in [-0.15, -0.1) is 0 Å². The van der Waals surface area contributed by atoms with Gasteiger partial charge >= 0.3 is 5.97 Å². The first-order valence-electron chi connectivity index (χ1n) is 7.05. The molecule has 0 aliphatic rings. The molecule has 0 aliphatic carbocycles. The molecule has 2 heterocycles. The summed E-state index contributed by atoms with van der Waals surface area (Å²) in [5.74, 6) is -0.978. The fourth-order valence-corrected chi connectivity index (χ4v) is 2.76. The highest BCUT2D eigenvalue weighted by Gasteiger charge is 2.19. The van der Waals surface area contributed by atoms with Gasteiger partial charge in [-0.25, -0.2) is 4.79 Å². The van der Waals surface area contributed by atoms with Crippen LogP contribution < -0.4 is 0 Å². The molecule has 23 heavy (non-hydrogen) atoms. The molecule has 0 spiro atoms. The molecule has 7 heteroatoms. The van der Waals surface area contributed by atoms with Crippen molar-refractivity contribution < 1.29 is 9.90 Å². The summed E-state index contributed by atoms with van der Waals surface area (Å²) in [6, 6.07) is 5.23. The van der Waals surface area contributed by atoms with Crippen molar-refractivity contribution in [1.29, 1.82) is 0 Å². The van der Waals surface area contributed by atoms with Gasteiger partial charge in [-0.2, -0.15) is 10.2 Å². The largest absolute Gasteiger partial charge is 0.478 e. The molecular formula is C16H15ClN4O2. The predicted octanol–water partition coefficient (Wildman–Crippen LogP) is 2.84. The van der Waals surface area contributed by atoms with Crippen molar-refractivity contribution in [3.8, 4) is 0 Å². The van der Waals surface area contributed by atoms with Crippen molar-refractivity contribution in [2.75, 3.05) is 0 Å². The Kier molecular flexibility index (Phi) is 4.16. The summed E-state index contributed by atoms with van der Waals surface area (Å²) in [7, 11) is 0. The molecule has 0 saturated heterocycles. The van der Waals surface area contributed by atoms with Crippen LogP contribution in [0.5, 0.6) is 0 Å². The maximum atomic E-state index is 11.7. The number of hydrogen-bond acceptors (Lipinski definition) is 3. The molecule has 0 amide bonds. The average molecular weight is 331 g/mol. The van der Waals surface area contributed by atoms with E-state index in [1.54, 1.807) is 40.1 Å². The van der Waals surface area contributed by atoms with Crippen molar-refractivity contribution in [3.05, 3.63) is 70.3 Å². The zero-order valence-electron chi connectivity index (χ0n) is 12.5. The van der Waals surface area contributed by atoms with E-state index in [2.05, 4.69) is 10.2 Å². The molecule has 3 aromatic rings. The Morgan fingerprint density at radius 3 is 2.30 bits per heavy atom. The third-order valence-corrected chi connectivity index (χ3v) is 4.23. The van der Waals surface area contributed by atoms with E-state index < -0.39 is 5.97 Å². The number of aromatic nitrogens is 4. The van der Waals surface area contributed by atoms with Crippen molar-refractivity contribution >= 4 is 17.6 Å². The van der Waals surface area contributed by atoms with Gasteiger partial charge in [0.2, 0.25) is 0 Å². The highest BCUT2D eigenvalue weighted by molar-refractivity contribution is 6.32. The first kappa shape index (κ1) is 15.3. The van der Waals surface area contributed by atoms with Crippen LogP contribution in [-0.4, -0.2) is 30.6 Å². The van der Waals surface area contributed by atoms with Gasteiger partial charge in [0, 0.05) is 29.8 Å². The van der Waals surface area contributed by atoms with Crippen molar-refractivity contribution in [1.82, 2.24) is 19.6 Å². The summed E-state index contributed by atoms with van der Waals surface area (Å²) >= 11 is 6.47. The standard InChI is InChI=1S/C16H15ClN4O2/c1-11-14(10-21-7-3-5-19-21)13(16(22)23)8-12(15(11)17)9-20-6-2-4-18-20/h2-8H,9-10H2,1H3,(H,22,23). The number of carboxylic acid groups (broad SMARTS) is 1. The van der Waals surface area contributed by atoms with Crippen LogP contribution in [0.15, 0.2) is 43.0 Å². The third-order valence-electron chi connectivity index (χ3n) is 3.71. The molecule has 0 saturated carbocycles. The Balaban J connectivity index is 2.06. The van der Waals surface area contributed by atoms with Gasteiger partial charge in [-0.1, -0.05) is 11.6 Å². The van der Waals surface area contributed by atoms with Crippen molar-refractivity contribution in [3.63, 3.8) is 0 Å². The van der Waals surface area contributed by atoms with Crippen LogP contribution in [0, 0.1) is 6.92 Å². The van der Waals surface area contributed by atoms with Gasteiger partial charge in [-0.3, -0.25) is 9.36 Å². The number of carbonyl (C=O) groups is 1. The summed E-state index contributed by atoms with van der Waals surface area (Å²) in [5, 5.41) is 18.4. The second-order valence-corrected chi connectivity index (χ2v) is 5.59. The molecule has 1 N–H and O–H groups in total. The van der Waals surface area contributed by atoms with Crippen LogP contribution in [0.3, 0.4) is 0 Å². The zero-order chi connectivity index (χ0) is 16.4. The molecule has 0 atom stereocenters. The molecule has 0 radical (unpaired) electrons. The van der Waals surface area contributed by atoms with E-state index >= 15 is 0 Å². The first-order chi connectivity index (χ1) is 11.1. The van der Waals surface area contributed by atoms with Gasteiger partial charge in [-0.05, 0) is 41.8 Å². The van der Waals surface area contributed by atoms with E-state index in [1.165, 1.54) is 0 Å². The van der Waals surface area contributed by atoms with Gasteiger partial charge < -0.3 is 5.11 Å². The maximum absolute atomic E-state index is 11.7. The number of aromatic carboxylic acids is 1. The minimum Gasteiger partial charge on any atom is -0.478 e. The first-order valence-corrected chi connectivity index (χ1v) is 7.43. The number of hydrogen-bond donors (Lipinski definition) is 1. The van der Waals surface area contributed by atoms with Crippen LogP contribution in [0.2, 0.25) is 5.02 Å². The lowest BCUT2D eigenvalue weighted by Crippen LogP contribution is -2.12. The SMILES string of the molecule is Cc1c(Cl)c(Cn2cccn2)cc(C(=O)O)c1Cn1cccn1. The molecule has 1 aromatic carbocycles. The molecule has 0 unspecified atom stereocenters. The van der Waals surface area contributed by atoms with Gasteiger partial charge in [0.15, 0.2) is 0 Å². The zero-order valence-corrected chi connectivity index (χ0v) is 13.2. The third kappa shape index (κ3) is 3.12. The summed E-state index contributed by atoms with van der Waals surface area (Å²) in [6.07, 6.45) is 6.93. The normalized spacial score (nSPS) is 10.9. The van der Waals surface area contributed by atoms with Crippen LogP contribution in [-0.2, 0) is 13.1 Å². The fraction of sp³-hybridized carbons (Fsp3) is 0.188. The number of benzene rings is 1. The van der Waals surface area contributed by atoms with E-state index in [-0.39, 0.29) is 5.56 Å². The van der Waals surface area contributed by atoms with E-state index in [4.69, 9.17) is 11.6 Å². The summed E-state index contributed by atoms with van der Waals surface area (Å²) in [4.78, 5) is 11.7. The lowest BCUT2D eigenvalue weighted by atomic mass is 9.98. The average Bonchev–Trinajstić information content (AvgIpc) is 3.20. The number of nitrogens with zero attached hydrogens (tertiary/aromatic N) is 4. The van der Waals surface area contributed by atoms with Crippen LogP contribution in [0.25, 0.3) is 0 Å².